The summed E-state index contributed by atoms with van der Waals surface area (Å²) in [5.41, 5.74) is -0.705. The van der Waals surface area contributed by atoms with Crippen LogP contribution in [0.15, 0.2) is 18.2 Å². The van der Waals surface area contributed by atoms with Crippen molar-refractivity contribution in [3.63, 3.8) is 0 Å². The number of aliphatic hydroxyl groups is 1. The van der Waals surface area contributed by atoms with Crippen molar-refractivity contribution in [3.05, 3.63) is 29.3 Å². The van der Waals surface area contributed by atoms with Gasteiger partial charge in [0, 0.05) is 11.1 Å². The van der Waals surface area contributed by atoms with Gasteiger partial charge in [-0.1, -0.05) is 12.1 Å². The Morgan fingerprint density at radius 3 is 2.61 bits per heavy atom. The molecule has 18 heavy (non-hydrogen) atoms. The Labute approximate surface area is 103 Å². The first kappa shape index (κ1) is 14.4. The molecule has 0 heterocycles. The molecule has 0 amide bonds. The average Bonchev–Trinajstić information content (AvgIpc) is 2.37. The molecule has 1 aromatic rings. The predicted octanol–water partition coefficient (Wildman–Crippen LogP) is 2.23. The lowest BCUT2D eigenvalue weighted by Gasteiger charge is -2.17. The van der Waals surface area contributed by atoms with E-state index in [1.54, 1.807) is 6.92 Å². The first-order chi connectivity index (χ1) is 8.52. The van der Waals surface area contributed by atoms with Crippen LogP contribution in [0.3, 0.4) is 0 Å². The number of carbonyl (C=O) groups is 1. The first-order valence-electron chi connectivity index (χ1n) is 5.32. The zero-order valence-electron chi connectivity index (χ0n) is 10.0. The summed E-state index contributed by atoms with van der Waals surface area (Å²) in [5, 5.41) is 9.77. The summed E-state index contributed by atoms with van der Waals surface area (Å²) in [6.45, 7) is 1.61. The number of carbonyl (C=O) groups excluding carboxylic acids is 1. The van der Waals surface area contributed by atoms with Gasteiger partial charge < -0.3 is 14.6 Å². The molecular formula is C12H14F2O4. The lowest BCUT2D eigenvalue weighted by atomic mass is 10.0. The van der Waals surface area contributed by atoms with Gasteiger partial charge in [0.05, 0.1) is 13.7 Å². The minimum absolute atomic E-state index is 0.0216. The van der Waals surface area contributed by atoms with Crippen molar-refractivity contribution in [1.29, 1.82) is 0 Å². The molecule has 1 unspecified atom stereocenters. The third kappa shape index (κ3) is 2.95. The minimum atomic E-state index is -2.82. The lowest BCUT2D eigenvalue weighted by molar-refractivity contribution is -0.153. The Bertz CT molecular complexity index is 421. The van der Waals surface area contributed by atoms with E-state index in [0.29, 0.717) is 0 Å². The molecule has 100 valence electrons. The molecule has 0 aromatic heterocycles. The number of ether oxygens (including phenoxy) is 2. The van der Waals surface area contributed by atoms with Crippen LogP contribution in [0, 0.1) is 0 Å². The number of methoxy groups -OCH3 is 1. The molecule has 0 fully saturated rings. The highest BCUT2D eigenvalue weighted by atomic mass is 19.3. The van der Waals surface area contributed by atoms with E-state index in [1.807, 2.05) is 0 Å². The molecule has 1 aromatic carbocycles. The second-order valence-corrected chi connectivity index (χ2v) is 3.42. The molecule has 0 saturated heterocycles. The van der Waals surface area contributed by atoms with E-state index >= 15 is 0 Å². The number of rotatable bonds is 5. The molecule has 4 nitrogen and oxygen atoms in total. The van der Waals surface area contributed by atoms with E-state index in [1.165, 1.54) is 19.2 Å². The van der Waals surface area contributed by atoms with Gasteiger partial charge in [-0.3, -0.25) is 0 Å². The van der Waals surface area contributed by atoms with Crippen LogP contribution in [-0.4, -0.2) is 24.8 Å². The monoisotopic (exact) mass is 260 g/mol. The van der Waals surface area contributed by atoms with Crippen molar-refractivity contribution in [3.8, 4) is 5.75 Å². The quantitative estimate of drug-likeness (QED) is 0.825. The van der Waals surface area contributed by atoms with Crippen LogP contribution in [-0.2, 0) is 9.53 Å². The molecule has 0 aliphatic rings. The first-order valence-corrected chi connectivity index (χ1v) is 5.32. The van der Waals surface area contributed by atoms with Gasteiger partial charge in [-0.15, -0.1) is 0 Å². The summed E-state index contributed by atoms with van der Waals surface area (Å²) in [6.07, 6.45) is -4.61. The van der Waals surface area contributed by atoms with E-state index in [-0.39, 0.29) is 17.9 Å². The Hall–Kier alpha value is -1.69. The van der Waals surface area contributed by atoms with Crippen LogP contribution in [0.25, 0.3) is 0 Å². The normalized spacial score (nSPS) is 12.3. The molecule has 0 spiro atoms. The molecule has 0 radical (unpaired) electrons. The van der Waals surface area contributed by atoms with Crippen LogP contribution in [0.5, 0.6) is 5.75 Å². The summed E-state index contributed by atoms with van der Waals surface area (Å²) in [5.74, 6) is -0.961. The van der Waals surface area contributed by atoms with Crippen LogP contribution < -0.4 is 4.74 Å². The molecule has 1 rings (SSSR count). The fourth-order valence-electron chi connectivity index (χ4n) is 1.56. The summed E-state index contributed by atoms with van der Waals surface area (Å²) >= 11 is 0. The van der Waals surface area contributed by atoms with E-state index in [2.05, 4.69) is 4.74 Å². The highest BCUT2D eigenvalue weighted by molar-refractivity contribution is 5.78. The Morgan fingerprint density at radius 2 is 2.11 bits per heavy atom. The van der Waals surface area contributed by atoms with Gasteiger partial charge in [-0.25, -0.2) is 13.6 Å². The minimum Gasteiger partial charge on any atom is -0.496 e. The van der Waals surface area contributed by atoms with Gasteiger partial charge in [0.15, 0.2) is 6.10 Å². The number of hydrogen-bond donors (Lipinski definition) is 1. The van der Waals surface area contributed by atoms with Crippen LogP contribution in [0.1, 0.15) is 30.6 Å². The number of hydrogen-bond acceptors (Lipinski definition) is 4. The number of halogens is 2. The van der Waals surface area contributed by atoms with Crippen LogP contribution >= 0.6 is 0 Å². The van der Waals surface area contributed by atoms with Gasteiger partial charge in [-0.05, 0) is 13.0 Å². The second kappa shape index (κ2) is 6.30. The van der Waals surface area contributed by atoms with E-state index in [4.69, 9.17) is 4.74 Å². The Morgan fingerprint density at radius 1 is 1.44 bits per heavy atom. The van der Waals surface area contributed by atoms with Crippen molar-refractivity contribution in [1.82, 2.24) is 0 Å². The summed E-state index contributed by atoms with van der Waals surface area (Å²) < 4.78 is 35.2. The number of alkyl halides is 2. The van der Waals surface area contributed by atoms with E-state index in [9.17, 15) is 18.7 Å². The average molecular weight is 260 g/mol. The van der Waals surface area contributed by atoms with E-state index in [0.717, 1.165) is 6.07 Å². The molecular weight excluding hydrogens is 246 g/mol. The number of esters is 1. The molecule has 6 heteroatoms. The molecule has 0 aliphatic heterocycles. The zero-order chi connectivity index (χ0) is 13.7. The Balaban J connectivity index is 3.22. The van der Waals surface area contributed by atoms with Crippen molar-refractivity contribution in [2.24, 2.45) is 0 Å². The number of aliphatic hydroxyl groups excluding tert-OH is 1. The van der Waals surface area contributed by atoms with Gasteiger partial charge in [0.2, 0.25) is 0 Å². The largest absolute Gasteiger partial charge is 0.496 e. The zero-order valence-corrected chi connectivity index (χ0v) is 10.0. The molecule has 1 N–H and O–H groups in total. The predicted molar refractivity (Wildman–Crippen MR) is 59.5 cm³/mol. The molecule has 0 bridgehead atoms. The fourth-order valence-corrected chi connectivity index (χ4v) is 1.56. The van der Waals surface area contributed by atoms with Crippen molar-refractivity contribution < 1.29 is 28.2 Å². The van der Waals surface area contributed by atoms with Crippen molar-refractivity contribution in [2.75, 3.05) is 13.7 Å². The third-order valence-electron chi connectivity index (χ3n) is 2.34. The second-order valence-electron chi connectivity index (χ2n) is 3.42. The fraction of sp³-hybridized carbons (Fsp3) is 0.417. The molecule has 0 aliphatic carbocycles. The van der Waals surface area contributed by atoms with Crippen molar-refractivity contribution in [2.45, 2.75) is 19.5 Å². The smallest absolute Gasteiger partial charge is 0.339 e. The summed E-state index contributed by atoms with van der Waals surface area (Å²) in [4.78, 5) is 11.4. The maximum absolute atomic E-state index is 12.8. The van der Waals surface area contributed by atoms with E-state index < -0.39 is 24.1 Å². The standard InChI is InChI=1S/C12H14F2O4/c1-3-18-12(16)10(15)9-7(11(13)14)5-4-6-8(9)17-2/h4-6,10-11,15H,3H2,1-2H3. The van der Waals surface area contributed by atoms with Gasteiger partial charge in [0.25, 0.3) is 6.43 Å². The maximum Gasteiger partial charge on any atom is 0.339 e. The lowest BCUT2D eigenvalue weighted by Crippen LogP contribution is -2.18. The van der Waals surface area contributed by atoms with Gasteiger partial charge in [-0.2, -0.15) is 0 Å². The highest BCUT2D eigenvalue weighted by Gasteiger charge is 2.28. The van der Waals surface area contributed by atoms with Crippen LogP contribution in [0.2, 0.25) is 0 Å². The topological polar surface area (TPSA) is 55.8 Å². The Kier molecular flexibility index (Phi) is 5.03. The van der Waals surface area contributed by atoms with Crippen LogP contribution in [0.4, 0.5) is 8.78 Å². The third-order valence-corrected chi connectivity index (χ3v) is 2.34. The molecule has 1 atom stereocenters. The van der Waals surface area contributed by atoms with Gasteiger partial charge >= 0.3 is 5.97 Å². The maximum atomic E-state index is 12.8. The summed E-state index contributed by atoms with van der Waals surface area (Å²) in [7, 11) is 1.27. The molecule has 0 saturated carbocycles. The van der Waals surface area contributed by atoms with Gasteiger partial charge in [0.1, 0.15) is 5.75 Å². The SMILES string of the molecule is CCOC(=O)C(O)c1c(OC)cccc1C(F)F. The van der Waals surface area contributed by atoms with Crippen molar-refractivity contribution >= 4 is 5.97 Å². The summed E-state index contributed by atoms with van der Waals surface area (Å²) in [6, 6.07) is 3.89. The number of benzene rings is 1. The highest BCUT2D eigenvalue weighted by Crippen LogP contribution is 2.34.